The number of aromatic nitrogens is 1. The third kappa shape index (κ3) is 5.28. The Morgan fingerprint density at radius 2 is 1.56 bits per heavy atom. The van der Waals surface area contributed by atoms with Crippen LogP contribution in [-0.2, 0) is 29.3 Å². The van der Waals surface area contributed by atoms with Crippen molar-refractivity contribution < 1.29 is 14.3 Å². The van der Waals surface area contributed by atoms with Gasteiger partial charge in [-0.2, -0.15) is 10.5 Å². The first kappa shape index (κ1) is 22.5. The van der Waals surface area contributed by atoms with Crippen molar-refractivity contribution in [2.45, 2.75) is 26.7 Å². The molecule has 0 unspecified atom stereocenters. The quantitative estimate of drug-likeness (QED) is 0.479. The number of rotatable bonds is 9. The van der Waals surface area contributed by atoms with E-state index in [1.165, 1.54) is 4.90 Å². The summed E-state index contributed by atoms with van der Waals surface area (Å²) >= 11 is 0. The molecule has 0 radical (unpaired) electrons. The monoisotopic (exact) mass is 426 g/mol. The number of methoxy groups -OCH3 is 1. The Morgan fingerprint density at radius 3 is 2.09 bits per heavy atom. The zero-order chi connectivity index (χ0) is 22.9. The second-order valence-corrected chi connectivity index (χ2v) is 7.11. The van der Waals surface area contributed by atoms with Gasteiger partial charge >= 0.3 is 0 Å². The van der Waals surface area contributed by atoms with Crippen LogP contribution in [0.2, 0.25) is 0 Å². The molecule has 160 valence electrons. The van der Waals surface area contributed by atoms with Gasteiger partial charge in [0.15, 0.2) is 0 Å². The number of nitriles is 2. The second kappa shape index (κ2) is 10.7. The Balaban J connectivity index is 1.89. The molecule has 0 saturated carbocycles. The van der Waals surface area contributed by atoms with Gasteiger partial charge in [0.25, 0.3) is 0 Å². The van der Waals surface area contributed by atoms with Crippen molar-refractivity contribution in [3.05, 3.63) is 88.2 Å². The van der Waals surface area contributed by atoms with Crippen LogP contribution in [0.15, 0.2) is 54.7 Å². The van der Waals surface area contributed by atoms with E-state index in [-0.39, 0.29) is 13.2 Å². The molecule has 0 fully saturated rings. The van der Waals surface area contributed by atoms with Gasteiger partial charge in [-0.15, -0.1) is 0 Å². The number of carbonyl (C=O) groups excluding carboxylic acids is 1. The molecule has 1 amide bonds. The zero-order valence-electron chi connectivity index (χ0n) is 17.9. The van der Waals surface area contributed by atoms with Crippen LogP contribution in [0, 0.1) is 29.6 Å². The standard InChI is InChI=1S/C25H22N4O3/c1-18-25(32-15-22-9-5-20(12-27)6-10-22)23(16-31-2)24(13-28-18)29(17-30)14-21-7-3-19(11-26)4-8-21/h3-10,13,17H,14-16H2,1-2H3. The minimum atomic E-state index is 0.235. The van der Waals surface area contributed by atoms with Crippen LogP contribution < -0.4 is 9.64 Å². The molecule has 0 saturated heterocycles. The lowest BCUT2D eigenvalue weighted by atomic mass is 10.1. The van der Waals surface area contributed by atoms with Crippen molar-refractivity contribution in [1.82, 2.24) is 4.98 Å². The molecule has 1 heterocycles. The van der Waals surface area contributed by atoms with Crippen molar-refractivity contribution in [2.75, 3.05) is 12.0 Å². The SMILES string of the molecule is COCc1c(N(C=O)Cc2ccc(C#N)cc2)cnc(C)c1OCc1ccc(C#N)cc1. The first-order valence-electron chi connectivity index (χ1n) is 9.89. The van der Waals surface area contributed by atoms with Gasteiger partial charge in [-0.05, 0) is 42.3 Å². The largest absolute Gasteiger partial charge is 0.487 e. The molecule has 0 aliphatic heterocycles. The van der Waals surface area contributed by atoms with Gasteiger partial charge in [0.1, 0.15) is 12.4 Å². The lowest BCUT2D eigenvalue weighted by Gasteiger charge is -2.23. The minimum Gasteiger partial charge on any atom is -0.487 e. The van der Waals surface area contributed by atoms with Crippen LogP contribution >= 0.6 is 0 Å². The molecule has 2 aromatic carbocycles. The van der Waals surface area contributed by atoms with Gasteiger partial charge < -0.3 is 14.4 Å². The molecule has 0 aliphatic carbocycles. The van der Waals surface area contributed by atoms with Crippen LogP contribution in [0.1, 0.15) is 33.5 Å². The molecule has 0 spiro atoms. The zero-order valence-corrected chi connectivity index (χ0v) is 17.9. The molecule has 1 aromatic heterocycles. The number of amides is 1. The number of aryl methyl sites for hydroxylation is 1. The minimum absolute atomic E-state index is 0.235. The van der Waals surface area contributed by atoms with Crippen LogP contribution in [0.4, 0.5) is 5.69 Å². The van der Waals surface area contributed by atoms with E-state index in [0.717, 1.165) is 23.1 Å². The van der Waals surface area contributed by atoms with Gasteiger partial charge in [0.05, 0.1) is 54.0 Å². The van der Waals surface area contributed by atoms with Crippen molar-refractivity contribution in [1.29, 1.82) is 10.5 Å². The maximum atomic E-state index is 12.0. The lowest BCUT2D eigenvalue weighted by Crippen LogP contribution is -2.23. The van der Waals surface area contributed by atoms with Crippen LogP contribution in [0.5, 0.6) is 5.75 Å². The van der Waals surface area contributed by atoms with Gasteiger partial charge in [0, 0.05) is 12.7 Å². The van der Waals surface area contributed by atoms with Crippen molar-refractivity contribution in [2.24, 2.45) is 0 Å². The predicted molar refractivity (Wildman–Crippen MR) is 119 cm³/mol. The third-order valence-corrected chi connectivity index (χ3v) is 4.92. The van der Waals surface area contributed by atoms with Crippen LogP contribution in [-0.4, -0.2) is 18.5 Å². The molecule has 0 N–H and O–H groups in total. The molecule has 3 aromatic rings. The van der Waals surface area contributed by atoms with E-state index < -0.39 is 0 Å². The molecule has 7 nitrogen and oxygen atoms in total. The van der Waals surface area contributed by atoms with Gasteiger partial charge in [-0.1, -0.05) is 24.3 Å². The molecule has 0 bridgehead atoms. The van der Waals surface area contributed by atoms with Crippen molar-refractivity contribution in [3.63, 3.8) is 0 Å². The molecule has 0 aliphatic rings. The molecule has 3 rings (SSSR count). The third-order valence-electron chi connectivity index (χ3n) is 4.92. The van der Waals surface area contributed by atoms with E-state index >= 15 is 0 Å². The average Bonchev–Trinajstić information content (AvgIpc) is 2.83. The smallest absolute Gasteiger partial charge is 0.214 e. The van der Waals surface area contributed by atoms with E-state index in [1.54, 1.807) is 37.6 Å². The average molecular weight is 426 g/mol. The fraction of sp³-hybridized carbons (Fsp3) is 0.200. The highest BCUT2D eigenvalue weighted by molar-refractivity contribution is 5.78. The number of hydrogen-bond acceptors (Lipinski definition) is 6. The molecule has 32 heavy (non-hydrogen) atoms. The molecular formula is C25H22N4O3. The van der Waals surface area contributed by atoms with Crippen LogP contribution in [0.25, 0.3) is 0 Å². The molecular weight excluding hydrogens is 404 g/mol. The summed E-state index contributed by atoms with van der Waals surface area (Å²) in [5, 5.41) is 17.9. The second-order valence-electron chi connectivity index (χ2n) is 7.11. The fourth-order valence-corrected chi connectivity index (χ4v) is 3.24. The number of carbonyl (C=O) groups is 1. The van der Waals surface area contributed by atoms with Gasteiger partial charge in [-0.25, -0.2) is 0 Å². The Labute approximate surface area is 187 Å². The Hall–Kier alpha value is -4.20. The van der Waals surface area contributed by atoms with E-state index in [9.17, 15) is 4.79 Å². The number of pyridine rings is 1. The summed E-state index contributed by atoms with van der Waals surface area (Å²) in [6.45, 7) is 2.67. The normalized spacial score (nSPS) is 10.1. The Kier molecular flexibility index (Phi) is 7.53. The highest BCUT2D eigenvalue weighted by atomic mass is 16.5. The number of ether oxygens (including phenoxy) is 2. The van der Waals surface area contributed by atoms with Crippen molar-refractivity contribution >= 4 is 12.1 Å². The van der Waals surface area contributed by atoms with E-state index in [0.29, 0.717) is 34.8 Å². The number of anilines is 1. The van der Waals surface area contributed by atoms with Gasteiger partial charge in [-0.3, -0.25) is 9.78 Å². The fourth-order valence-electron chi connectivity index (χ4n) is 3.24. The van der Waals surface area contributed by atoms with E-state index in [2.05, 4.69) is 17.1 Å². The predicted octanol–water partition coefficient (Wildman–Crippen LogP) is 4.02. The topological polar surface area (TPSA) is 99.2 Å². The summed E-state index contributed by atoms with van der Waals surface area (Å²) < 4.78 is 11.5. The number of hydrogen-bond donors (Lipinski definition) is 0. The molecule has 0 atom stereocenters. The maximum absolute atomic E-state index is 12.0. The Morgan fingerprint density at radius 1 is 0.969 bits per heavy atom. The van der Waals surface area contributed by atoms with E-state index in [4.69, 9.17) is 20.0 Å². The lowest BCUT2D eigenvalue weighted by molar-refractivity contribution is -0.107. The summed E-state index contributed by atoms with van der Waals surface area (Å²) in [5.41, 5.74) is 4.90. The summed E-state index contributed by atoms with van der Waals surface area (Å²) in [5.74, 6) is 0.556. The summed E-state index contributed by atoms with van der Waals surface area (Å²) in [7, 11) is 1.58. The number of benzene rings is 2. The molecule has 7 heteroatoms. The van der Waals surface area contributed by atoms with E-state index in [1.807, 2.05) is 31.2 Å². The number of nitrogens with zero attached hydrogens (tertiary/aromatic N) is 4. The first-order chi connectivity index (χ1) is 15.6. The summed E-state index contributed by atoms with van der Waals surface area (Å²) in [4.78, 5) is 17.9. The highest BCUT2D eigenvalue weighted by Crippen LogP contribution is 2.33. The summed E-state index contributed by atoms with van der Waals surface area (Å²) in [6, 6.07) is 18.4. The van der Waals surface area contributed by atoms with Gasteiger partial charge in [0.2, 0.25) is 6.41 Å². The highest BCUT2D eigenvalue weighted by Gasteiger charge is 2.19. The Bertz CT molecular complexity index is 1160. The first-order valence-corrected chi connectivity index (χ1v) is 9.89. The van der Waals surface area contributed by atoms with Crippen molar-refractivity contribution in [3.8, 4) is 17.9 Å². The maximum Gasteiger partial charge on any atom is 0.214 e. The summed E-state index contributed by atoms with van der Waals surface area (Å²) in [6.07, 6.45) is 2.38. The van der Waals surface area contributed by atoms with Crippen LogP contribution in [0.3, 0.4) is 0 Å².